The van der Waals surface area contributed by atoms with Gasteiger partial charge in [0.1, 0.15) is 29.9 Å². The average molecular weight is 788 g/mol. The fraction of sp³-hybridized carbons (Fsp3) is 0.476. The Bertz CT molecular complexity index is 2230. The summed E-state index contributed by atoms with van der Waals surface area (Å²) in [5.74, 6) is -0.271. The molecule has 0 saturated carbocycles. The third-order valence-electron chi connectivity index (χ3n) is 11.3. The minimum atomic E-state index is -1.45. The van der Waals surface area contributed by atoms with Crippen LogP contribution in [0.25, 0.3) is 39.3 Å². The second-order valence-corrected chi connectivity index (χ2v) is 16.1. The lowest BCUT2D eigenvalue weighted by Crippen LogP contribution is -2.57. The lowest BCUT2D eigenvalue weighted by molar-refractivity contribution is -0.205. The minimum absolute atomic E-state index is 0.00818. The van der Waals surface area contributed by atoms with Crippen molar-refractivity contribution >= 4 is 62.9 Å². The molecule has 0 radical (unpaired) electrons. The maximum absolute atomic E-state index is 14.1. The number of carbonyl (C=O) groups excluding carboxylic acids is 2. The van der Waals surface area contributed by atoms with Gasteiger partial charge in [-0.2, -0.15) is 0 Å². The minimum Gasteiger partial charge on any atom is -0.465 e. The molecule has 0 spiro atoms. The maximum atomic E-state index is 14.1. The van der Waals surface area contributed by atoms with E-state index in [0.717, 1.165) is 56.4 Å². The van der Waals surface area contributed by atoms with Crippen LogP contribution in [-0.2, 0) is 38.3 Å². The van der Waals surface area contributed by atoms with Gasteiger partial charge in [-0.3, -0.25) is 9.78 Å². The highest BCUT2D eigenvalue weighted by molar-refractivity contribution is 7.99. The molecule has 6 rings (SSSR count). The number of nitrogens with zero attached hydrogens (tertiary/aromatic N) is 3. The maximum Gasteiger partial charge on any atom is 0.340 e. The summed E-state index contributed by atoms with van der Waals surface area (Å²) in [5, 5.41) is 40.2. The molecule has 14 heteroatoms. The number of likely N-dealkylation sites (N-methyl/N-ethyl adjacent to an activating group) is 1. The number of H-pyrrole nitrogens is 2. The first-order valence-electron chi connectivity index (χ1n) is 19.1. The van der Waals surface area contributed by atoms with Gasteiger partial charge in [0.2, 0.25) is 5.91 Å². The van der Waals surface area contributed by atoms with Gasteiger partial charge in [0.25, 0.3) is 0 Å². The van der Waals surface area contributed by atoms with E-state index in [4.69, 9.17) is 19.4 Å². The lowest BCUT2D eigenvalue weighted by Gasteiger charge is -2.39. The predicted molar refractivity (Wildman–Crippen MR) is 219 cm³/mol. The molecule has 0 aliphatic carbocycles. The number of nitrogens with one attached hydrogen (secondary N) is 2. The summed E-state index contributed by atoms with van der Waals surface area (Å²) in [5.41, 5.74) is 11.1. The molecular formula is C42H53N5O8S. The summed E-state index contributed by atoms with van der Waals surface area (Å²) in [6, 6.07) is 6.12. The summed E-state index contributed by atoms with van der Waals surface area (Å²) in [4.78, 5) is 46.7. The molecule has 6 unspecified atom stereocenters. The van der Waals surface area contributed by atoms with Crippen LogP contribution in [0.1, 0.15) is 83.7 Å². The molecule has 0 aromatic carbocycles. The zero-order valence-electron chi connectivity index (χ0n) is 33.1. The quantitative estimate of drug-likeness (QED) is 0.118. The van der Waals surface area contributed by atoms with Crippen LogP contribution in [0.5, 0.6) is 0 Å². The van der Waals surface area contributed by atoms with Gasteiger partial charge in [0.15, 0.2) is 0 Å². The van der Waals surface area contributed by atoms with Crippen LogP contribution in [0.2, 0.25) is 0 Å². The van der Waals surface area contributed by atoms with Gasteiger partial charge in [0.05, 0.1) is 37.1 Å². The lowest BCUT2D eigenvalue weighted by atomic mass is 9.96. The molecule has 3 aromatic heterocycles. The van der Waals surface area contributed by atoms with Crippen LogP contribution < -0.4 is 0 Å². The van der Waals surface area contributed by atoms with E-state index in [1.165, 1.54) is 18.9 Å². The Balaban J connectivity index is 1.43. The van der Waals surface area contributed by atoms with Gasteiger partial charge in [-0.15, -0.1) is 11.8 Å². The van der Waals surface area contributed by atoms with Crippen molar-refractivity contribution < 1.29 is 39.5 Å². The Hall–Kier alpha value is -4.31. The number of aliphatic hydroxyl groups is 4. The molecule has 6 N–H and O–H groups in total. The number of aromatic amines is 2. The zero-order chi connectivity index (χ0) is 40.6. The largest absolute Gasteiger partial charge is 0.465 e. The third-order valence-corrected chi connectivity index (χ3v) is 12.5. The van der Waals surface area contributed by atoms with Crippen molar-refractivity contribution in [1.29, 1.82) is 0 Å². The van der Waals surface area contributed by atoms with Crippen LogP contribution >= 0.6 is 11.8 Å². The monoisotopic (exact) mass is 787 g/mol. The standard InChI is InChI=1S/C42H53N5O8S/c1-9-24-21(4)28-16-27-20(3)14-31(43-27)26(15-35(49)47(7)12-11-13-56-42-40(52)39(51)38(50)34(19-48)55-42)37-36(41(53)54-8)23(6)30(46-37)18-33-25(10-2)22(5)29(45-33)17-32(24)44-28/h9,16-18,20,34,38-40,42,44-45,48,50-52H,1,10-15,19H2,2-8H3. The van der Waals surface area contributed by atoms with Crippen molar-refractivity contribution in [1.82, 2.24) is 24.8 Å². The molecule has 3 aromatic rings. The zero-order valence-corrected chi connectivity index (χ0v) is 33.9. The predicted octanol–water partition coefficient (Wildman–Crippen LogP) is 4.51. The first-order chi connectivity index (χ1) is 26.7. The Labute approximate surface area is 330 Å². The van der Waals surface area contributed by atoms with Crippen LogP contribution in [0.15, 0.2) is 24.8 Å². The number of fused-ring (bicyclic) bond motifs is 8. The number of hydrogen-bond acceptors (Lipinski definition) is 11. The molecule has 1 saturated heterocycles. The van der Waals surface area contributed by atoms with Crippen molar-refractivity contribution in [3.63, 3.8) is 0 Å². The summed E-state index contributed by atoms with van der Waals surface area (Å²) in [6.07, 6.45) is -1.56. The number of methoxy groups -OCH3 is 1. The van der Waals surface area contributed by atoms with Crippen molar-refractivity contribution in [3.8, 4) is 0 Å². The molecule has 6 atom stereocenters. The number of hydrogen-bond donors (Lipinski definition) is 6. The van der Waals surface area contributed by atoms with E-state index in [0.29, 0.717) is 58.9 Å². The summed E-state index contributed by atoms with van der Waals surface area (Å²) in [6.45, 7) is 14.2. The fourth-order valence-electron chi connectivity index (χ4n) is 7.79. The number of carbonyl (C=O) groups is 2. The molecule has 8 bridgehead atoms. The van der Waals surface area contributed by atoms with E-state index in [-0.39, 0.29) is 18.2 Å². The van der Waals surface area contributed by atoms with Gasteiger partial charge in [-0.05, 0) is 86.2 Å². The Morgan fingerprint density at radius 3 is 2.41 bits per heavy atom. The van der Waals surface area contributed by atoms with Crippen LogP contribution in [-0.4, -0.2) is 120 Å². The number of aryl methyl sites for hydroxylation is 3. The van der Waals surface area contributed by atoms with E-state index in [2.05, 4.69) is 56.4 Å². The van der Waals surface area contributed by atoms with Crippen molar-refractivity contribution in [2.75, 3.05) is 33.1 Å². The van der Waals surface area contributed by atoms with Gasteiger partial charge in [-0.25, -0.2) is 9.78 Å². The number of rotatable bonds is 11. The van der Waals surface area contributed by atoms with Crippen molar-refractivity contribution in [2.45, 2.75) is 96.1 Å². The van der Waals surface area contributed by atoms with Gasteiger partial charge >= 0.3 is 5.97 Å². The Kier molecular flexibility index (Phi) is 12.6. The molecular weight excluding hydrogens is 735 g/mol. The molecule has 1 fully saturated rings. The summed E-state index contributed by atoms with van der Waals surface area (Å²) < 4.78 is 10.9. The second-order valence-electron chi connectivity index (χ2n) is 14.9. The molecule has 56 heavy (non-hydrogen) atoms. The number of amides is 1. The highest BCUT2D eigenvalue weighted by atomic mass is 32.2. The number of esters is 1. The first kappa shape index (κ1) is 41.3. The van der Waals surface area contributed by atoms with E-state index in [9.17, 15) is 30.0 Å². The Morgan fingerprint density at radius 2 is 1.73 bits per heavy atom. The molecule has 300 valence electrons. The molecule has 13 nitrogen and oxygen atoms in total. The van der Waals surface area contributed by atoms with Crippen molar-refractivity contribution in [2.24, 2.45) is 0 Å². The van der Waals surface area contributed by atoms with Gasteiger partial charge in [0, 0.05) is 64.1 Å². The highest BCUT2D eigenvalue weighted by Gasteiger charge is 2.43. The highest BCUT2D eigenvalue weighted by Crippen LogP contribution is 2.37. The first-order valence-corrected chi connectivity index (χ1v) is 20.1. The van der Waals surface area contributed by atoms with Crippen LogP contribution in [0.3, 0.4) is 0 Å². The summed E-state index contributed by atoms with van der Waals surface area (Å²) in [7, 11) is 3.05. The third kappa shape index (κ3) is 7.83. The topological polar surface area (TPSA) is 194 Å². The number of thioether (sulfide) groups is 1. The van der Waals surface area contributed by atoms with E-state index in [1.54, 1.807) is 11.9 Å². The molecule has 1 amide bonds. The number of aromatic nitrogens is 4. The van der Waals surface area contributed by atoms with Gasteiger partial charge in [-0.1, -0.05) is 26.5 Å². The second kappa shape index (κ2) is 17.0. The van der Waals surface area contributed by atoms with E-state index < -0.39 is 42.4 Å². The number of ether oxygens (including phenoxy) is 2. The van der Waals surface area contributed by atoms with Crippen LogP contribution in [0, 0.1) is 13.8 Å². The SMILES string of the molecule is C=Cc1c(C)c2cc3nc(c(CC(=O)N(C)CCCSC4OC(CO)C(O)C(O)C4O)c4nc(cc5[nH]c(cc1[nH]2)c(C)c5CC)C(C)=C4C(=O)OC)CC3C. The fourth-order valence-corrected chi connectivity index (χ4v) is 8.90. The molecule has 3 aliphatic heterocycles. The Morgan fingerprint density at radius 1 is 1.02 bits per heavy atom. The molecule has 3 aliphatic rings. The van der Waals surface area contributed by atoms with Gasteiger partial charge < -0.3 is 44.8 Å². The van der Waals surface area contributed by atoms with Crippen molar-refractivity contribution in [3.05, 3.63) is 75.4 Å². The average Bonchev–Trinajstić information content (AvgIpc) is 3.89. The van der Waals surface area contributed by atoms with Crippen LogP contribution in [0.4, 0.5) is 0 Å². The smallest absolute Gasteiger partial charge is 0.340 e. The van der Waals surface area contributed by atoms with E-state index in [1.807, 2.05) is 19.1 Å². The number of aliphatic hydroxyl groups excluding tert-OH is 4. The molecule has 6 heterocycles. The summed E-state index contributed by atoms with van der Waals surface area (Å²) >= 11 is 1.24. The normalized spacial score (nSPS) is 22.3. The number of allylic oxidation sites excluding steroid dienone is 1. The van der Waals surface area contributed by atoms with E-state index >= 15 is 0 Å².